The Bertz CT molecular complexity index is 254. The van der Waals surface area contributed by atoms with Gasteiger partial charge < -0.3 is 9.80 Å². The van der Waals surface area contributed by atoms with Crippen molar-refractivity contribution in [3.63, 3.8) is 0 Å². The molecule has 0 amide bonds. The molecule has 2 aliphatic heterocycles. The molecule has 3 fully saturated rings. The summed E-state index contributed by atoms with van der Waals surface area (Å²) in [5.74, 6) is 2.06. The average molecular weight is 266 g/mol. The van der Waals surface area contributed by atoms with E-state index in [0.717, 1.165) is 17.3 Å². The molecular weight excluding hydrogens is 232 g/mol. The first-order valence-corrected chi connectivity index (χ1v) is 8.60. The zero-order chi connectivity index (χ0) is 13.9. The molecule has 3 aliphatic rings. The molecule has 19 heavy (non-hydrogen) atoms. The van der Waals surface area contributed by atoms with Gasteiger partial charge in [0.2, 0.25) is 0 Å². The van der Waals surface area contributed by atoms with E-state index >= 15 is 0 Å². The van der Waals surface area contributed by atoms with Gasteiger partial charge in [0.25, 0.3) is 0 Å². The zero-order valence-electron chi connectivity index (χ0n) is 13.6. The molecule has 1 spiro atoms. The third kappa shape index (κ3) is 3.52. The predicted octanol–water partition coefficient (Wildman–Crippen LogP) is 3.48. The Hall–Kier alpha value is -0.0800. The molecule has 2 heterocycles. The van der Waals surface area contributed by atoms with Crippen LogP contribution in [0, 0.1) is 17.3 Å². The van der Waals surface area contributed by atoms with Crippen LogP contribution in [0.25, 0.3) is 0 Å². The van der Waals surface area contributed by atoms with Crippen molar-refractivity contribution in [2.24, 2.45) is 17.3 Å². The average Bonchev–Trinajstić information content (AvgIpc) is 2.38. The van der Waals surface area contributed by atoms with E-state index in [1.54, 1.807) is 0 Å². The van der Waals surface area contributed by atoms with Crippen LogP contribution >= 0.6 is 0 Å². The molecule has 0 aromatic carbocycles. The minimum Gasteiger partial charge on any atom is -0.305 e. The van der Waals surface area contributed by atoms with E-state index in [1.165, 1.54) is 64.8 Å². The van der Waals surface area contributed by atoms with Crippen molar-refractivity contribution >= 4 is 0 Å². The molecule has 2 nitrogen and oxygen atoms in total. The minimum atomic E-state index is 0.779. The summed E-state index contributed by atoms with van der Waals surface area (Å²) in [6.07, 6.45) is 7.34. The van der Waals surface area contributed by atoms with Crippen molar-refractivity contribution in [2.75, 3.05) is 39.8 Å². The normalized spacial score (nSPS) is 28.4. The van der Waals surface area contributed by atoms with Gasteiger partial charge in [-0.05, 0) is 63.1 Å². The van der Waals surface area contributed by atoms with Crippen molar-refractivity contribution in [1.29, 1.82) is 0 Å². The third-order valence-corrected chi connectivity index (χ3v) is 5.45. The van der Waals surface area contributed by atoms with E-state index in [2.05, 4.69) is 23.8 Å². The predicted molar refractivity (Wildman–Crippen MR) is 83.5 cm³/mol. The van der Waals surface area contributed by atoms with Gasteiger partial charge in [0.1, 0.15) is 0 Å². The lowest BCUT2D eigenvalue weighted by Crippen LogP contribution is -2.62. The lowest BCUT2D eigenvalue weighted by atomic mass is 9.58. The molecule has 2 saturated heterocycles. The first-order chi connectivity index (χ1) is 9.19. The molecule has 0 atom stereocenters. The number of likely N-dealkylation sites (tertiary alicyclic amines) is 2. The first kappa shape index (κ1) is 15.3. The Morgan fingerprint density at radius 3 is 2.05 bits per heavy atom. The number of piperidine rings is 1. The van der Waals surface area contributed by atoms with E-state index in [4.69, 9.17) is 0 Å². The van der Waals surface area contributed by atoms with E-state index in [1.807, 2.05) is 13.8 Å². The SMILES string of the molecule is CC.CCC1CCN(CC2CC3(C2)CN(C)C3)CC1. The van der Waals surface area contributed by atoms with E-state index in [0.29, 0.717) is 0 Å². The maximum atomic E-state index is 2.74. The highest BCUT2D eigenvalue weighted by Gasteiger charge is 2.50. The van der Waals surface area contributed by atoms with Gasteiger partial charge in [-0.25, -0.2) is 0 Å². The van der Waals surface area contributed by atoms with Crippen LogP contribution in [0.2, 0.25) is 0 Å². The monoisotopic (exact) mass is 266 g/mol. The Labute approximate surface area is 120 Å². The fourth-order valence-corrected chi connectivity index (χ4v) is 4.59. The molecule has 0 aromatic rings. The third-order valence-electron chi connectivity index (χ3n) is 5.45. The van der Waals surface area contributed by atoms with Crippen molar-refractivity contribution in [3.8, 4) is 0 Å². The minimum absolute atomic E-state index is 0.779. The lowest BCUT2D eigenvalue weighted by molar-refractivity contribution is -0.0901. The van der Waals surface area contributed by atoms with Crippen LogP contribution in [0.4, 0.5) is 0 Å². The highest BCUT2D eigenvalue weighted by Crippen LogP contribution is 2.51. The first-order valence-electron chi connectivity index (χ1n) is 8.60. The molecule has 0 aromatic heterocycles. The molecule has 0 bridgehead atoms. The van der Waals surface area contributed by atoms with E-state index < -0.39 is 0 Å². The van der Waals surface area contributed by atoms with Gasteiger partial charge in [0.15, 0.2) is 0 Å². The number of nitrogens with zero attached hydrogens (tertiary/aromatic N) is 2. The van der Waals surface area contributed by atoms with Crippen LogP contribution in [0.15, 0.2) is 0 Å². The summed E-state index contributed by atoms with van der Waals surface area (Å²) in [6, 6.07) is 0. The topological polar surface area (TPSA) is 6.48 Å². The highest BCUT2D eigenvalue weighted by atomic mass is 15.2. The van der Waals surface area contributed by atoms with E-state index in [9.17, 15) is 0 Å². The second-order valence-corrected chi connectivity index (χ2v) is 7.10. The van der Waals surface area contributed by atoms with Crippen LogP contribution in [-0.4, -0.2) is 49.6 Å². The molecule has 112 valence electrons. The summed E-state index contributed by atoms with van der Waals surface area (Å²) >= 11 is 0. The van der Waals surface area contributed by atoms with Crippen molar-refractivity contribution in [2.45, 2.75) is 52.9 Å². The Balaban J connectivity index is 0.000000637. The zero-order valence-corrected chi connectivity index (χ0v) is 13.6. The van der Waals surface area contributed by atoms with Crippen molar-refractivity contribution in [3.05, 3.63) is 0 Å². The van der Waals surface area contributed by atoms with Crippen LogP contribution < -0.4 is 0 Å². The van der Waals surface area contributed by atoms with Crippen molar-refractivity contribution < 1.29 is 0 Å². The van der Waals surface area contributed by atoms with Gasteiger partial charge >= 0.3 is 0 Å². The Morgan fingerprint density at radius 1 is 1.00 bits per heavy atom. The molecule has 3 rings (SSSR count). The van der Waals surface area contributed by atoms with Crippen LogP contribution in [0.3, 0.4) is 0 Å². The van der Waals surface area contributed by atoms with Gasteiger partial charge in [-0.15, -0.1) is 0 Å². The quantitative estimate of drug-likeness (QED) is 0.772. The molecule has 0 radical (unpaired) electrons. The van der Waals surface area contributed by atoms with Gasteiger partial charge in [-0.2, -0.15) is 0 Å². The van der Waals surface area contributed by atoms with Crippen LogP contribution in [0.1, 0.15) is 52.9 Å². The number of hydrogen-bond acceptors (Lipinski definition) is 2. The van der Waals surface area contributed by atoms with Crippen LogP contribution in [-0.2, 0) is 0 Å². The van der Waals surface area contributed by atoms with Gasteiger partial charge in [0, 0.05) is 19.6 Å². The summed E-state index contributed by atoms with van der Waals surface area (Å²) < 4.78 is 0. The molecule has 0 unspecified atom stereocenters. The van der Waals surface area contributed by atoms with E-state index in [-0.39, 0.29) is 0 Å². The number of rotatable bonds is 3. The number of hydrogen-bond donors (Lipinski definition) is 0. The maximum absolute atomic E-state index is 2.74. The second kappa shape index (κ2) is 6.58. The highest BCUT2D eigenvalue weighted by molar-refractivity contribution is 5.03. The molecular formula is C17H34N2. The molecule has 1 saturated carbocycles. The summed E-state index contributed by atoms with van der Waals surface area (Å²) in [6.45, 7) is 13.3. The molecule has 1 aliphatic carbocycles. The fraction of sp³-hybridized carbons (Fsp3) is 1.00. The maximum Gasteiger partial charge on any atom is 0.00476 e. The lowest BCUT2D eigenvalue weighted by Gasteiger charge is -2.59. The Kier molecular flexibility index (Phi) is 5.30. The summed E-state index contributed by atoms with van der Waals surface area (Å²) in [4.78, 5) is 5.22. The molecule has 2 heteroatoms. The van der Waals surface area contributed by atoms with Gasteiger partial charge in [-0.3, -0.25) is 0 Å². The smallest absolute Gasteiger partial charge is 0.00476 e. The van der Waals surface area contributed by atoms with Crippen molar-refractivity contribution in [1.82, 2.24) is 9.80 Å². The summed E-state index contributed by atoms with van der Waals surface area (Å²) in [5.41, 5.74) is 0.779. The van der Waals surface area contributed by atoms with Gasteiger partial charge in [-0.1, -0.05) is 27.2 Å². The van der Waals surface area contributed by atoms with Gasteiger partial charge in [0.05, 0.1) is 0 Å². The largest absolute Gasteiger partial charge is 0.305 e. The molecule has 0 N–H and O–H groups in total. The van der Waals surface area contributed by atoms with Crippen LogP contribution in [0.5, 0.6) is 0 Å². The Morgan fingerprint density at radius 2 is 1.58 bits per heavy atom. The summed E-state index contributed by atoms with van der Waals surface area (Å²) in [7, 11) is 2.26. The summed E-state index contributed by atoms with van der Waals surface area (Å²) in [5, 5.41) is 0. The second-order valence-electron chi connectivity index (χ2n) is 7.10. The standard InChI is InChI=1S/C15H28N2.C2H6/c1-3-13-4-6-17(7-5-13)10-14-8-15(9-14)11-16(2)12-15;1-2/h13-14H,3-12H2,1-2H3;1-2H3. The fourth-order valence-electron chi connectivity index (χ4n) is 4.59.